The van der Waals surface area contributed by atoms with Crippen LogP contribution in [0.2, 0.25) is 5.02 Å². The Hall–Kier alpha value is -1.96. The highest BCUT2D eigenvalue weighted by Gasteiger charge is 2.18. The van der Waals surface area contributed by atoms with E-state index in [0.29, 0.717) is 5.56 Å². The van der Waals surface area contributed by atoms with Crippen LogP contribution in [-0.4, -0.2) is 14.3 Å². The van der Waals surface area contributed by atoms with Gasteiger partial charge in [0.25, 0.3) is 10.0 Å². The molecule has 0 fully saturated rings. The number of rotatable bonds is 5. The highest BCUT2D eigenvalue weighted by atomic mass is 35.5. The van der Waals surface area contributed by atoms with Crippen LogP contribution in [0.5, 0.6) is 0 Å². The number of carbonyl (C=O) groups excluding carboxylic acids is 1. The summed E-state index contributed by atoms with van der Waals surface area (Å²) in [4.78, 5) is 13.5. The summed E-state index contributed by atoms with van der Waals surface area (Å²) in [6, 6.07) is 11.2. The fraction of sp³-hybridized carbons (Fsp3) is 0.0714. The van der Waals surface area contributed by atoms with E-state index in [1.807, 2.05) is 4.83 Å². The van der Waals surface area contributed by atoms with Crippen LogP contribution in [0.1, 0.15) is 5.56 Å². The van der Waals surface area contributed by atoms with E-state index in [1.54, 1.807) is 6.07 Å². The van der Waals surface area contributed by atoms with Gasteiger partial charge in [0.1, 0.15) is 10.7 Å². The molecule has 0 aliphatic carbocycles. The van der Waals surface area contributed by atoms with Crippen molar-refractivity contribution in [3.05, 3.63) is 64.9 Å². The summed E-state index contributed by atoms with van der Waals surface area (Å²) < 4.78 is 36.7. The zero-order chi connectivity index (χ0) is 16.2. The fourth-order valence-corrected chi connectivity index (χ4v) is 3.05. The van der Waals surface area contributed by atoms with E-state index in [4.69, 9.17) is 11.6 Å². The maximum absolute atomic E-state index is 12.7. The van der Waals surface area contributed by atoms with E-state index in [2.05, 4.69) is 5.43 Å². The molecule has 2 N–H and O–H groups in total. The van der Waals surface area contributed by atoms with Gasteiger partial charge < -0.3 is 0 Å². The topological polar surface area (TPSA) is 75.3 Å². The molecule has 116 valence electrons. The van der Waals surface area contributed by atoms with E-state index >= 15 is 0 Å². The zero-order valence-corrected chi connectivity index (χ0v) is 12.8. The number of benzene rings is 2. The van der Waals surface area contributed by atoms with Gasteiger partial charge >= 0.3 is 0 Å². The molecule has 8 heteroatoms. The number of hydrazine groups is 1. The number of carbonyl (C=O) groups is 1. The second kappa shape index (κ2) is 6.87. The third-order valence-electron chi connectivity index (χ3n) is 2.73. The molecule has 0 aliphatic heterocycles. The number of hydrogen-bond donors (Lipinski definition) is 2. The molecule has 22 heavy (non-hydrogen) atoms. The highest BCUT2D eigenvalue weighted by molar-refractivity contribution is 7.89. The van der Waals surface area contributed by atoms with Crippen LogP contribution in [0.4, 0.5) is 4.39 Å². The quantitative estimate of drug-likeness (QED) is 0.816. The first-order valence-corrected chi connectivity index (χ1v) is 8.04. The van der Waals surface area contributed by atoms with Gasteiger partial charge in [-0.2, -0.15) is 0 Å². The molecular formula is C14H12ClFN2O3S. The lowest BCUT2D eigenvalue weighted by Crippen LogP contribution is -2.42. The highest BCUT2D eigenvalue weighted by Crippen LogP contribution is 2.19. The van der Waals surface area contributed by atoms with Crippen molar-refractivity contribution in [2.45, 2.75) is 11.3 Å². The Bertz CT molecular complexity index is 779. The summed E-state index contributed by atoms with van der Waals surface area (Å²) in [6.45, 7) is 0. The Balaban J connectivity index is 1.98. The van der Waals surface area contributed by atoms with Crippen molar-refractivity contribution in [1.82, 2.24) is 10.3 Å². The third-order valence-corrected chi connectivity index (χ3v) is 4.48. The first-order chi connectivity index (χ1) is 10.4. The normalized spacial score (nSPS) is 11.2. The first kappa shape index (κ1) is 16.4. The minimum absolute atomic E-state index is 0.0442. The number of halogens is 2. The summed E-state index contributed by atoms with van der Waals surface area (Å²) in [5, 5.41) is 0.0442. The van der Waals surface area contributed by atoms with Crippen molar-refractivity contribution < 1.29 is 17.6 Å². The molecule has 0 aliphatic rings. The van der Waals surface area contributed by atoms with Gasteiger partial charge in [-0.15, -0.1) is 4.83 Å². The van der Waals surface area contributed by atoms with Gasteiger partial charge in [-0.3, -0.25) is 10.2 Å². The molecule has 2 aromatic rings. The summed E-state index contributed by atoms with van der Waals surface area (Å²) in [7, 11) is -3.96. The van der Waals surface area contributed by atoms with Crippen LogP contribution in [0.15, 0.2) is 53.4 Å². The van der Waals surface area contributed by atoms with Gasteiger partial charge in [0.15, 0.2) is 0 Å². The van der Waals surface area contributed by atoms with Crippen LogP contribution in [0.25, 0.3) is 0 Å². The Kier molecular flexibility index (Phi) is 5.12. The number of hydrogen-bond acceptors (Lipinski definition) is 3. The molecule has 0 atom stereocenters. The summed E-state index contributed by atoms with van der Waals surface area (Å²) >= 11 is 5.80. The lowest BCUT2D eigenvalue weighted by Gasteiger charge is -2.09. The summed E-state index contributed by atoms with van der Waals surface area (Å²) in [5.74, 6) is -0.995. The van der Waals surface area contributed by atoms with Gasteiger partial charge in [-0.05, 0) is 29.8 Å². The predicted octanol–water partition coefficient (Wildman–Crippen LogP) is 2.03. The van der Waals surface area contributed by atoms with Crippen molar-refractivity contribution in [1.29, 1.82) is 0 Å². The SMILES string of the molecule is O=C(Cc1ccc(F)cc1)NNS(=O)(=O)c1ccccc1Cl. The Labute approximate surface area is 132 Å². The molecule has 0 saturated carbocycles. The minimum atomic E-state index is -3.96. The molecule has 0 unspecified atom stereocenters. The number of sulfonamides is 1. The standard InChI is InChI=1S/C14H12ClFN2O3S/c15-12-3-1-2-4-13(12)22(20,21)18-17-14(19)9-10-5-7-11(16)8-6-10/h1-8,18H,9H2,(H,17,19). The van der Waals surface area contributed by atoms with E-state index in [1.165, 1.54) is 42.5 Å². The summed E-state index contributed by atoms with van der Waals surface area (Å²) in [6.07, 6.45) is -0.0919. The van der Waals surface area contributed by atoms with Crippen LogP contribution < -0.4 is 10.3 Å². The van der Waals surface area contributed by atoms with Gasteiger partial charge in [0.2, 0.25) is 5.91 Å². The lowest BCUT2D eigenvalue weighted by atomic mass is 10.1. The monoisotopic (exact) mass is 342 g/mol. The second-order valence-corrected chi connectivity index (χ2v) is 6.45. The Morgan fingerprint density at radius 2 is 1.73 bits per heavy atom. The average Bonchev–Trinajstić information content (AvgIpc) is 2.48. The van der Waals surface area contributed by atoms with Crippen LogP contribution in [0.3, 0.4) is 0 Å². The Morgan fingerprint density at radius 3 is 2.36 bits per heavy atom. The number of amides is 1. The maximum atomic E-state index is 12.7. The molecule has 0 saturated heterocycles. The molecular weight excluding hydrogens is 331 g/mol. The van der Waals surface area contributed by atoms with Gasteiger partial charge in [-0.1, -0.05) is 35.9 Å². The maximum Gasteiger partial charge on any atom is 0.258 e. The molecule has 0 heterocycles. The molecule has 1 amide bonds. The largest absolute Gasteiger partial charge is 0.277 e. The molecule has 2 aromatic carbocycles. The zero-order valence-electron chi connectivity index (χ0n) is 11.2. The first-order valence-electron chi connectivity index (χ1n) is 6.18. The molecule has 0 bridgehead atoms. The average molecular weight is 343 g/mol. The molecule has 0 radical (unpaired) electrons. The van der Waals surface area contributed by atoms with Crippen molar-refractivity contribution in [2.75, 3.05) is 0 Å². The van der Waals surface area contributed by atoms with Gasteiger partial charge in [0, 0.05) is 0 Å². The molecule has 0 aromatic heterocycles. The van der Waals surface area contributed by atoms with Crippen LogP contribution in [0, 0.1) is 5.82 Å². The number of nitrogens with one attached hydrogen (secondary N) is 2. The lowest BCUT2D eigenvalue weighted by molar-refractivity contribution is -0.120. The predicted molar refractivity (Wildman–Crippen MR) is 80.0 cm³/mol. The van der Waals surface area contributed by atoms with Crippen molar-refractivity contribution in [3.63, 3.8) is 0 Å². The van der Waals surface area contributed by atoms with Crippen molar-refractivity contribution in [3.8, 4) is 0 Å². The van der Waals surface area contributed by atoms with Crippen molar-refractivity contribution in [2.24, 2.45) is 0 Å². The smallest absolute Gasteiger partial charge is 0.258 e. The second-order valence-electron chi connectivity index (χ2n) is 4.39. The van der Waals surface area contributed by atoms with E-state index in [9.17, 15) is 17.6 Å². The van der Waals surface area contributed by atoms with Gasteiger partial charge in [0.05, 0.1) is 11.4 Å². The molecule has 5 nitrogen and oxygen atoms in total. The van der Waals surface area contributed by atoms with Crippen LogP contribution in [-0.2, 0) is 21.2 Å². The van der Waals surface area contributed by atoms with Crippen molar-refractivity contribution >= 4 is 27.5 Å². The van der Waals surface area contributed by atoms with E-state index in [-0.39, 0.29) is 16.3 Å². The molecule has 0 spiro atoms. The van der Waals surface area contributed by atoms with Gasteiger partial charge in [-0.25, -0.2) is 12.8 Å². The molecule has 2 rings (SSSR count). The van der Waals surface area contributed by atoms with Crippen LogP contribution >= 0.6 is 11.6 Å². The Morgan fingerprint density at radius 1 is 1.09 bits per heavy atom. The third kappa shape index (κ3) is 4.27. The summed E-state index contributed by atoms with van der Waals surface area (Å²) in [5.41, 5.74) is 2.63. The fourth-order valence-electron chi connectivity index (χ4n) is 1.67. The van der Waals surface area contributed by atoms with E-state index in [0.717, 1.165) is 0 Å². The minimum Gasteiger partial charge on any atom is -0.277 e. The van der Waals surface area contributed by atoms with E-state index < -0.39 is 21.7 Å².